The normalized spacial score (nSPS) is 10.9. The maximum Gasteiger partial charge on any atom is 0.271 e. The summed E-state index contributed by atoms with van der Waals surface area (Å²) in [7, 11) is 1.46. The number of hydrogen-bond acceptors (Lipinski definition) is 5. The van der Waals surface area contributed by atoms with E-state index in [1.165, 1.54) is 13.3 Å². The molecule has 30 heavy (non-hydrogen) atoms. The van der Waals surface area contributed by atoms with Crippen molar-refractivity contribution < 1.29 is 14.6 Å². The number of halogens is 2. The van der Waals surface area contributed by atoms with Crippen molar-refractivity contribution in [3.63, 3.8) is 0 Å². The summed E-state index contributed by atoms with van der Waals surface area (Å²) in [6, 6.07) is 18.3. The van der Waals surface area contributed by atoms with Crippen LogP contribution >= 0.6 is 39.3 Å². The number of ether oxygens (including phenoxy) is 1. The van der Waals surface area contributed by atoms with Crippen LogP contribution in [0.2, 0.25) is 5.02 Å². The summed E-state index contributed by atoms with van der Waals surface area (Å²) in [6.45, 7) is 0. The van der Waals surface area contributed by atoms with Crippen LogP contribution in [0.4, 0.5) is 0 Å². The molecule has 3 aromatic carbocycles. The second kappa shape index (κ2) is 10.5. The fourth-order valence-corrected chi connectivity index (χ4v) is 3.94. The van der Waals surface area contributed by atoms with Crippen LogP contribution in [0.5, 0.6) is 11.5 Å². The number of nitrogens with zero attached hydrogens (tertiary/aromatic N) is 1. The number of aromatic hydroxyl groups is 1. The Kier molecular flexibility index (Phi) is 7.79. The van der Waals surface area contributed by atoms with Gasteiger partial charge in [0.25, 0.3) is 5.91 Å². The molecule has 0 unspecified atom stereocenters. The number of phenolic OH excluding ortho intramolecular Hbond substituents is 1. The molecular formula is C22H18BrClN2O3S. The van der Waals surface area contributed by atoms with Gasteiger partial charge in [0.1, 0.15) is 0 Å². The first-order chi connectivity index (χ1) is 14.5. The second-order valence-electron chi connectivity index (χ2n) is 6.19. The quantitative estimate of drug-likeness (QED) is 0.239. The topological polar surface area (TPSA) is 70.9 Å². The van der Waals surface area contributed by atoms with Gasteiger partial charge in [-0.3, -0.25) is 4.79 Å². The predicted molar refractivity (Wildman–Crippen MR) is 125 cm³/mol. The van der Waals surface area contributed by atoms with E-state index in [-0.39, 0.29) is 11.7 Å². The molecule has 0 atom stereocenters. The van der Waals surface area contributed by atoms with Gasteiger partial charge in [0.05, 0.1) is 17.8 Å². The highest BCUT2D eigenvalue weighted by Crippen LogP contribution is 2.34. The molecule has 0 bridgehead atoms. The monoisotopic (exact) mass is 504 g/mol. The van der Waals surface area contributed by atoms with Crippen LogP contribution in [0.3, 0.4) is 0 Å². The van der Waals surface area contributed by atoms with Gasteiger partial charge in [0.2, 0.25) is 0 Å². The maximum atomic E-state index is 12.3. The van der Waals surface area contributed by atoms with E-state index in [4.69, 9.17) is 16.3 Å². The van der Waals surface area contributed by atoms with Crippen molar-refractivity contribution in [2.24, 2.45) is 5.10 Å². The van der Waals surface area contributed by atoms with E-state index >= 15 is 0 Å². The van der Waals surface area contributed by atoms with Gasteiger partial charge in [0.15, 0.2) is 11.5 Å². The number of carbonyl (C=O) groups is 1. The maximum absolute atomic E-state index is 12.3. The molecule has 0 fully saturated rings. The van der Waals surface area contributed by atoms with E-state index in [1.54, 1.807) is 36.0 Å². The number of hydrazone groups is 1. The number of nitrogens with one attached hydrogen (secondary N) is 1. The lowest BCUT2D eigenvalue weighted by Gasteiger charge is -2.06. The van der Waals surface area contributed by atoms with Gasteiger partial charge < -0.3 is 9.84 Å². The standard InChI is InChI=1S/C22H18BrClN2O3S/c1-29-20-11-15(10-19(23)21(20)27)12-25-26-22(28)16-4-2-14(3-5-16)13-30-18-8-6-17(24)7-9-18/h2-12,27H,13H2,1H3,(H,26,28)/b25-12+. The zero-order chi connectivity index (χ0) is 21.5. The molecule has 3 rings (SSSR count). The molecule has 0 aliphatic heterocycles. The summed E-state index contributed by atoms with van der Waals surface area (Å²) in [6.07, 6.45) is 1.47. The molecule has 0 spiro atoms. The molecule has 0 aromatic heterocycles. The Balaban J connectivity index is 1.56. The Morgan fingerprint density at radius 2 is 1.90 bits per heavy atom. The highest BCUT2D eigenvalue weighted by molar-refractivity contribution is 9.10. The van der Waals surface area contributed by atoms with Crippen molar-refractivity contribution in [3.8, 4) is 11.5 Å². The average Bonchev–Trinajstić information content (AvgIpc) is 2.76. The molecule has 8 heteroatoms. The second-order valence-corrected chi connectivity index (χ2v) is 8.53. The number of thioether (sulfide) groups is 1. The third kappa shape index (κ3) is 6.01. The van der Waals surface area contributed by atoms with Crippen molar-refractivity contribution >= 4 is 51.4 Å². The van der Waals surface area contributed by atoms with Gasteiger partial charge in [-0.25, -0.2) is 5.43 Å². The third-order valence-corrected chi connectivity index (χ3v) is 6.03. The highest BCUT2D eigenvalue weighted by atomic mass is 79.9. The molecule has 154 valence electrons. The van der Waals surface area contributed by atoms with Gasteiger partial charge >= 0.3 is 0 Å². The fourth-order valence-electron chi connectivity index (χ4n) is 2.50. The number of methoxy groups -OCH3 is 1. The summed E-state index contributed by atoms with van der Waals surface area (Å²) in [4.78, 5) is 13.4. The summed E-state index contributed by atoms with van der Waals surface area (Å²) < 4.78 is 5.56. The van der Waals surface area contributed by atoms with E-state index in [0.29, 0.717) is 21.3 Å². The number of amides is 1. The first-order valence-electron chi connectivity index (χ1n) is 8.83. The molecule has 0 aliphatic rings. The molecule has 5 nitrogen and oxygen atoms in total. The van der Waals surface area contributed by atoms with E-state index in [1.807, 2.05) is 36.4 Å². The van der Waals surface area contributed by atoms with Gasteiger partial charge in [0, 0.05) is 21.2 Å². The number of phenols is 1. The smallest absolute Gasteiger partial charge is 0.271 e. The minimum Gasteiger partial charge on any atom is -0.503 e. The Bertz CT molecular complexity index is 1060. The van der Waals surface area contributed by atoms with E-state index in [2.05, 4.69) is 26.5 Å². The summed E-state index contributed by atoms with van der Waals surface area (Å²) in [5.41, 5.74) is 4.77. The van der Waals surface area contributed by atoms with Crippen molar-refractivity contribution in [1.29, 1.82) is 0 Å². The summed E-state index contributed by atoms with van der Waals surface area (Å²) >= 11 is 10.8. The van der Waals surface area contributed by atoms with E-state index < -0.39 is 0 Å². The largest absolute Gasteiger partial charge is 0.503 e. The fraction of sp³-hybridized carbons (Fsp3) is 0.0909. The highest BCUT2D eigenvalue weighted by Gasteiger charge is 2.08. The van der Waals surface area contributed by atoms with E-state index in [0.717, 1.165) is 21.2 Å². The molecule has 3 aromatic rings. The van der Waals surface area contributed by atoms with Gasteiger partial charge in [-0.15, -0.1) is 11.8 Å². The summed E-state index contributed by atoms with van der Waals surface area (Å²) in [5.74, 6) is 0.796. The SMILES string of the molecule is COc1cc(/C=N/NC(=O)c2ccc(CSc3ccc(Cl)cc3)cc2)cc(Br)c1O. The van der Waals surface area contributed by atoms with Crippen LogP contribution in [-0.4, -0.2) is 24.3 Å². The third-order valence-electron chi connectivity index (χ3n) is 4.09. The first kappa shape index (κ1) is 22.2. The molecular weight excluding hydrogens is 488 g/mol. The van der Waals surface area contributed by atoms with Crippen LogP contribution in [-0.2, 0) is 5.75 Å². The Hall–Kier alpha value is -2.48. The number of hydrogen-bond donors (Lipinski definition) is 2. The van der Waals surface area contributed by atoms with Crippen LogP contribution in [0.15, 0.2) is 75.1 Å². The van der Waals surface area contributed by atoms with Crippen molar-refractivity contribution in [2.45, 2.75) is 10.6 Å². The Morgan fingerprint density at radius 3 is 2.57 bits per heavy atom. The molecule has 0 aliphatic carbocycles. The lowest BCUT2D eigenvalue weighted by Crippen LogP contribution is -2.17. The minimum atomic E-state index is -0.312. The minimum absolute atomic E-state index is 0.00741. The van der Waals surface area contributed by atoms with Crippen LogP contribution in [0.1, 0.15) is 21.5 Å². The number of carbonyl (C=O) groups excluding carboxylic acids is 1. The Labute approximate surface area is 192 Å². The molecule has 2 N–H and O–H groups in total. The lowest BCUT2D eigenvalue weighted by atomic mass is 10.1. The average molecular weight is 506 g/mol. The summed E-state index contributed by atoms with van der Waals surface area (Å²) in [5, 5.41) is 14.5. The zero-order valence-electron chi connectivity index (χ0n) is 15.9. The molecule has 0 saturated carbocycles. The van der Waals surface area contributed by atoms with Crippen molar-refractivity contribution in [1.82, 2.24) is 5.43 Å². The predicted octanol–water partition coefficient (Wildman–Crippen LogP) is 5.87. The molecule has 0 radical (unpaired) electrons. The van der Waals surface area contributed by atoms with Crippen LogP contribution < -0.4 is 10.2 Å². The number of benzene rings is 3. The van der Waals surface area contributed by atoms with Gasteiger partial charge in [-0.05, 0) is 75.6 Å². The number of rotatable bonds is 7. The van der Waals surface area contributed by atoms with Crippen LogP contribution in [0, 0.1) is 0 Å². The molecule has 0 saturated heterocycles. The Morgan fingerprint density at radius 1 is 1.20 bits per heavy atom. The molecule has 0 heterocycles. The van der Waals surface area contributed by atoms with Crippen LogP contribution in [0.25, 0.3) is 0 Å². The molecule has 1 amide bonds. The van der Waals surface area contributed by atoms with E-state index in [9.17, 15) is 9.90 Å². The van der Waals surface area contributed by atoms with Gasteiger partial charge in [-0.1, -0.05) is 23.7 Å². The van der Waals surface area contributed by atoms with Crippen molar-refractivity contribution in [2.75, 3.05) is 7.11 Å². The first-order valence-corrected chi connectivity index (χ1v) is 11.0. The van der Waals surface area contributed by atoms with Gasteiger partial charge in [-0.2, -0.15) is 5.10 Å². The van der Waals surface area contributed by atoms with Crippen molar-refractivity contribution in [3.05, 3.63) is 86.8 Å². The lowest BCUT2D eigenvalue weighted by molar-refractivity contribution is 0.0955. The zero-order valence-corrected chi connectivity index (χ0v) is 19.1.